The molecule has 1 aliphatic carbocycles. The van der Waals surface area contributed by atoms with Crippen molar-refractivity contribution >= 4 is 11.8 Å². The smallest absolute Gasteiger partial charge is 0.0815 e. The fraction of sp³-hybridized carbons (Fsp3) is 0.455. The van der Waals surface area contributed by atoms with Crippen molar-refractivity contribution in [3.05, 3.63) is 66.2 Å². The van der Waals surface area contributed by atoms with Gasteiger partial charge in [-0.05, 0) is 49.8 Å². The largest absolute Gasteiger partial charge is 0.376 e. The van der Waals surface area contributed by atoms with Crippen LogP contribution in [0.25, 0.3) is 0 Å². The standard InChI is InChI=1S/C22H26O2S/c1-17-12-21(25-20-10-6-3-7-11-20)22(24-17)13-19(14-22)16-23-15-18-8-4-2-5-9-18/h2-11,17,19,21H,12-16H2,1H3/t17-,19?,21-,22?/m0/s1. The van der Waals surface area contributed by atoms with E-state index in [1.807, 2.05) is 17.8 Å². The summed E-state index contributed by atoms with van der Waals surface area (Å²) in [4.78, 5) is 1.35. The van der Waals surface area contributed by atoms with Crippen molar-refractivity contribution in [2.24, 2.45) is 5.92 Å². The summed E-state index contributed by atoms with van der Waals surface area (Å²) in [6, 6.07) is 21.2. The quantitative estimate of drug-likeness (QED) is 0.699. The molecule has 0 bridgehead atoms. The SMILES string of the molecule is C[C@H]1C[C@H](Sc2ccccc2)C2(CC(COCc3ccccc3)C2)O1. The molecule has 0 amide bonds. The van der Waals surface area contributed by atoms with E-state index in [1.54, 1.807) is 0 Å². The molecule has 1 spiro atoms. The lowest BCUT2D eigenvalue weighted by Crippen LogP contribution is -2.51. The highest BCUT2D eigenvalue weighted by Crippen LogP contribution is 2.54. The molecule has 2 nitrogen and oxygen atoms in total. The first-order valence-corrected chi connectivity index (χ1v) is 10.1. The van der Waals surface area contributed by atoms with Gasteiger partial charge < -0.3 is 9.47 Å². The fourth-order valence-corrected chi connectivity index (χ4v) is 5.64. The van der Waals surface area contributed by atoms with Crippen molar-refractivity contribution in [3.8, 4) is 0 Å². The molecule has 1 heterocycles. The highest BCUT2D eigenvalue weighted by Gasteiger charge is 2.55. The lowest BCUT2D eigenvalue weighted by Gasteiger charge is -2.47. The molecule has 25 heavy (non-hydrogen) atoms. The second-order valence-corrected chi connectivity index (χ2v) is 8.70. The molecule has 2 aliphatic rings. The van der Waals surface area contributed by atoms with Crippen LogP contribution in [0.3, 0.4) is 0 Å². The minimum Gasteiger partial charge on any atom is -0.376 e. The average molecular weight is 355 g/mol. The Kier molecular flexibility index (Phi) is 5.16. The average Bonchev–Trinajstić information content (AvgIpc) is 2.92. The van der Waals surface area contributed by atoms with Gasteiger partial charge in [-0.15, -0.1) is 11.8 Å². The number of rotatable bonds is 6. The first-order chi connectivity index (χ1) is 12.2. The fourth-order valence-electron chi connectivity index (χ4n) is 4.17. The summed E-state index contributed by atoms with van der Waals surface area (Å²) in [6.45, 7) is 3.77. The summed E-state index contributed by atoms with van der Waals surface area (Å²) in [7, 11) is 0. The molecule has 2 atom stereocenters. The van der Waals surface area contributed by atoms with E-state index >= 15 is 0 Å². The highest BCUT2D eigenvalue weighted by atomic mass is 32.2. The zero-order chi connectivity index (χ0) is 17.1. The summed E-state index contributed by atoms with van der Waals surface area (Å²) in [5.41, 5.74) is 1.32. The van der Waals surface area contributed by atoms with Crippen LogP contribution >= 0.6 is 11.8 Å². The Morgan fingerprint density at radius 3 is 2.44 bits per heavy atom. The Morgan fingerprint density at radius 2 is 1.72 bits per heavy atom. The minimum atomic E-state index is 0.0701. The summed E-state index contributed by atoms with van der Waals surface area (Å²) < 4.78 is 12.3. The van der Waals surface area contributed by atoms with Gasteiger partial charge in [0.2, 0.25) is 0 Å². The number of ether oxygens (including phenoxy) is 2. The normalized spacial score (nSPS) is 31.2. The van der Waals surface area contributed by atoms with Gasteiger partial charge in [0.05, 0.1) is 24.9 Å². The molecule has 1 saturated carbocycles. The van der Waals surface area contributed by atoms with E-state index < -0.39 is 0 Å². The topological polar surface area (TPSA) is 18.5 Å². The lowest BCUT2D eigenvalue weighted by molar-refractivity contribution is -0.128. The molecule has 2 fully saturated rings. The van der Waals surface area contributed by atoms with Crippen molar-refractivity contribution in [2.45, 2.75) is 54.6 Å². The van der Waals surface area contributed by atoms with Gasteiger partial charge in [0.1, 0.15) is 0 Å². The third-order valence-electron chi connectivity index (χ3n) is 5.32. The molecule has 4 rings (SSSR count). The van der Waals surface area contributed by atoms with Crippen molar-refractivity contribution in [2.75, 3.05) is 6.61 Å². The van der Waals surface area contributed by atoms with E-state index in [4.69, 9.17) is 9.47 Å². The third-order valence-corrected chi connectivity index (χ3v) is 6.77. The molecular weight excluding hydrogens is 328 g/mol. The van der Waals surface area contributed by atoms with E-state index in [2.05, 4.69) is 61.5 Å². The second kappa shape index (κ2) is 7.53. The van der Waals surface area contributed by atoms with Crippen LogP contribution in [-0.2, 0) is 16.1 Å². The van der Waals surface area contributed by atoms with Crippen LogP contribution in [0.2, 0.25) is 0 Å². The van der Waals surface area contributed by atoms with Gasteiger partial charge in [-0.1, -0.05) is 48.5 Å². The molecule has 0 radical (unpaired) electrons. The summed E-state index contributed by atoms with van der Waals surface area (Å²) in [5, 5.41) is 0.565. The van der Waals surface area contributed by atoms with Crippen molar-refractivity contribution < 1.29 is 9.47 Å². The second-order valence-electron chi connectivity index (χ2n) is 7.42. The minimum absolute atomic E-state index is 0.0701. The Hall–Kier alpha value is -1.29. The molecule has 3 heteroatoms. The monoisotopic (exact) mass is 354 g/mol. The van der Waals surface area contributed by atoms with Gasteiger partial charge in [-0.2, -0.15) is 0 Å². The predicted molar refractivity (Wildman–Crippen MR) is 103 cm³/mol. The maximum atomic E-state index is 6.39. The summed E-state index contributed by atoms with van der Waals surface area (Å²) in [6.07, 6.45) is 3.79. The van der Waals surface area contributed by atoms with Gasteiger partial charge in [0.25, 0.3) is 0 Å². The van der Waals surface area contributed by atoms with Gasteiger partial charge in [0, 0.05) is 10.1 Å². The van der Waals surface area contributed by atoms with E-state index in [9.17, 15) is 0 Å². The van der Waals surface area contributed by atoms with Crippen LogP contribution in [0.15, 0.2) is 65.6 Å². The number of benzene rings is 2. The Bertz CT molecular complexity index is 667. The van der Waals surface area contributed by atoms with E-state index in [-0.39, 0.29) is 5.60 Å². The van der Waals surface area contributed by atoms with E-state index in [0.717, 1.165) is 25.9 Å². The van der Waals surface area contributed by atoms with Gasteiger partial charge in [0.15, 0.2) is 0 Å². The first kappa shape index (κ1) is 17.1. The molecule has 1 aliphatic heterocycles. The van der Waals surface area contributed by atoms with E-state index in [1.165, 1.54) is 10.5 Å². The van der Waals surface area contributed by atoms with Crippen LogP contribution < -0.4 is 0 Å². The third kappa shape index (κ3) is 3.94. The Labute approximate surface area is 154 Å². The van der Waals surface area contributed by atoms with Crippen molar-refractivity contribution in [3.63, 3.8) is 0 Å². The maximum absolute atomic E-state index is 6.39. The molecular formula is C22H26O2S. The van der Waals surface area contributed by atoms with Crippen molar-refractivity contribution in [1.29, 1.82) is 0 Å². The number of thioether (sulfide) groups is 1. The highest BCUT2D eigenvalue weighted by molar-refractivity contribution is 8.00. The zero-order valence-corrected chi connectivity index (χ0v) is 15.6. The number of hydrogen-bond donors (Lipinski definition) is 0. The van der Waals surface area contributed by atoms with Crippen LogP contribution in [-0.4, -0.2) is 23.6 Å². The van der Waals surface area contributed by atoms with E-state index in [0.29, 0.717) is 23.9 Å². The molecule has 132 valence electrons. The zero-order valence-electron chi connectivity index (χ0n) is 14.8. The molecule has 2 aromatic rings. The van der Waals surface area contributed by atoms with Crippen molar-refractivity contribution in [1.82, 2.24) is 0 Å². The summed E-state index contributed by atoms with van der Waals surface area (Å²) in [5.74, 6) is 0.632. The van der Waals surface area contributed by atoms with Gasteiger partial charge >= 0.3 is 0 Å². The van der Waals surface area contributed by atoms with Crippen LogP contribution in [0.5, 0.6) is 0 Å². The van der Waals surface area contributed by atoms with Gasteiger partial charge in [-0.3, -0.25) is 0 Å². The lowest BCUT2D eigenvalue weighted by atomic mass is 9.69. The van der Waals surface area contributed by atoms with Gasteiger partial charge in [-0.25, -0.2) is 0 Å². The molecule has 0 unspecified atom stereocenters. The molecule has 2 aromatic carbocycles. The first-order valence-electron chi connectivity index (χ1n) is 9.25. The molecule has 1 saturated heterocycles. The van der Waals surface area contributed by atoms with Crippen LogP contribution in [0, 0.1) is 5.92 Å². The maximum Gasteiger partial charge on any atom is 0.0815 e. The summed E-state index contributed by atoms with van der Waals surface area (Å²) >= 11 is 1.99. The Morgan fingerprint density at radius 1 is 1.04 bits per heavy atom. The Balaban J connectivity index is 1.29. The predicted octanol–water partition coefficient (Wildman–Crippen LogP) is 5.32. The van der Waals surface area contributed by atoms with Crippen LogP contribution in [0.1, 0.15) is 31.7 Å². The number of hydrogen-bond acceptors (Lipinski definition) is 3. The van der Waals surface area contributed by atoms with Crippen LogP contribution in [0.4, 0.5) is 0 Å². The molecule has 0 N–H and O–H groups in total. The molecule has 0 aromatic heterocycles.